The van der Waals surface area contributed by atoms with Crippen LogP contribution in [0.2, 0.25) is 0 Å². The number of carbonyl (C=O) groups excluding carboxylic acids is 1. The second kappa shape index (κ2) is 6.66. The van der Waals surface area contributed by atoms with E-state index in [9.17, 15) is 9.59 Å². The predicted molar refractivity (Wildman–Crippen MR) is 86.8 cm³/mol. The molecule has 0 aliphatic heterocycles. The summed E-state index contributed by atoms with van der Waals surface area (Å²) in [4.78, 5) is 24.4. The molecule has 0 saturated heterocycles. The summed E-state index contributed by atoms with van der Waals surface area (Å²) in [6.07, 6.45) is 3.15. The number of anilines is 1. The quantitative estimate of drug-likeness (QED) is 0.690. The van der Waals surface area contributed by atoms with Gasteiger partial charge in [0.15, 0.2) is 5.78 Å². The lowest BCUT2D eigenvalue weighted by atomic mass is 10.1. The molecule has 0 atom stereocenters. The van der Waals surface area contributed by atoms with Gasteiger partial charge in [0.25, 0.3) is 0 Å². The maximum absolute atomic E-state index is 12.2. The molecule has 2 aromatic carbocycles. The average molecular weight is 279 g/mol. The summed E-state index contributed by atoms with van der Waals surface area (Å²) < 4.78 is 0. The third-order valence-corrected chi connectivity index (χ3v) is 3.17. The molecule has 0 bridgehead atoms. The van der Waals surface area contributed by atoms with Crippen LogP contribution in [-0.4, -0.2) is 12.8 Å². The van der Waals surface area contributed by atoms with Crippen LogP contribution in [0.25, 0.3) is 6.08 Å². The Kier molecular flexibility index (Phi) is 4.67. The van der Waals surface area contributed by atoms with E-state index in [0.29, 0.717) is 5.69 Å². The van der Waals surface area contributed by atoms with Gasteiger partial charge in [-0.2, -0.15) is 0 Å². The largest absolute Gasteiger partial charge is 0.385 e. The fraction of sp³-hybridized carbons (Fsp3) is 0.111. The minimum absolute atomic E-state index is 0.160. The molecule has 0 heterocycles. The summed E-state index contributed by atoms with van der Waals surface area (Å²) in [5.74, 6) is -0.298. The van der Waals surface area contributed by atoms with Crippen LogP contribution in [0.1, 0.15) is 21.5 Å². The number of carbonyl (C=O) groups is 1. The first-order valence-corrected chi connectivity index (χ1v) is 6.72. The van der Waals surface area contributed by atoms with Crippen molar-refractivity contribution in [3.05, 3.63) is 81.5 Å². The summed E-state index contributed by atoms with van der Waals surface area (Å²) in [6.45, 7) is 2.01. The number of rotatable bonds is 4. The maximum atomic E-state index is 12.2. The van der Waals surface area contributed by atoms with Crippen molar-refractivity contribution in [1.29, 1.82) is 0 Å². The highest BCUT2D eigenvalue weighted by molar-refractivity contribution is 6.07. The summed E-state index contributed by atoms with van der Waals surface area (Å²) in [7, 11) is 1.66. The van der Waals surface area contributed by atoms with E-state index >= 15 is 0 Å². The predicted octanol–water partition coefficient (Wildman–Crippen LogP) is 3.29. The molecule has 0 aromatic heterocycles. The zero-order valence-corrected chi connectivity index (χ0v) is 12.1. The highest BCUT2D eigenvalue weighted by Gasteiger charge is 2.08. The molecule has 0 spiro atoms. The summed E-state index contributed by atoms with van der Waals surface area (Å²) in [5, 5.41) is 2.80. The second-order valence-electron chi connectivity index (χ2n) is 4.73. The van der Waals surface area contributed by atoms with Crippen LogP contribution in [0.5, 0.6) is 0 Å². The minimum atomic E-state index is -0.298. The fourth-order valence-corrected chi connectivity index (χ4v) is 1.93. The van der Waals surface area contributed by atoms with Crippen molar-refractivity contribution in [3.8, 4) is 0 Å². The maximum Gasteiger partial charge on any atom is 0.212 e. The highest BCUT2D eigenvalue weighted by atomic mass is 16.1. The van der Waals surface area contributed by atoms with E-state index < -0.39 is 0 Å². The summed E-state index contributed by atoms with van der Waals surface area (Å²) in [6, 6.07) is 14.4. The molecule has 0 fully saturated rings. The Bertz CT molecular complexity index is 731. The molecule has 3 heteroatoms. The lowest BCUT2D eigenvalue weighted by molar-refractivity contribution is 0.104. The molecule has 106 valence electrons. The van der Waals surface area contributed by atoms with Crippen LogP contribution in [0.15, 0.2) is 59.4 Å². The van der Waals surface area contributed by atoms with Crippen molar-refractivity contribution in [3.63, 3.8) is 0 Å². The second-order valence-corrected chi connectivity index (χ2v) is 4.73. The van der Waals surface area contributed by atoms with E-state index in [1.165, 1.54) is 6.08 Å². The Morgan fingerprint density at radius 1 is 1.05 bits per heavy atom. The topological polar surface area (TPSA) is 46.2 Å². The zero-order valence-electron chi connectivity index (χ0n) is 12.1. The molecule has 1 N–H and O–H groups in total. The zero-order chi connectivity index (χ0) is 15.2. The number of ketones is 1. The molecule has 3 nitrogen and oxygen atoms in total. The number of hydrogen-bond donors (Lipinski definition) is 1. The van der Waals surface area contributed by atoms with Crippen molar-refractivity contribution in [2.45, 2.75) is 6.92 Å². The van der Waals surface area contributed by atoms with Gasteiger partial charge in [-0.3, -0.25) is 9.59 Å². The minimum Gasteiger partial charge on any atom is -0.385 e. The molecule has 21 heavy (non-hydrogen) atoms. The van der Waals surface area contributed by atoms with E-state index in [0.717, 1.165) is 11.1 Å². The van der Waals surface area contributed by atoms with Crippen molar-refractivity contribution in [1.82, 2.24) is 0 Å². The summed E-state index contributed by atoms with van der Waals surface area (Å²) in [5.41, 5.74) is 2.37. The molecule has 2 aromatic rings. The number of allylic oxidation sites excluding steroid dienone is 1. The van der Waals surface area contributed by atoms with Crippen LogP contribution in [-0.2, 0) is 0 Å². The van der Waals surface area contributed by atoms with Gasteiger partial charge < -0.3 is 5.32 Å². The monoisotopic (exact) mass is 279 g/mol. The van der Waals surface area contributed by atoms with E-state index in [-0.39, 0.29) is 16.8 Å². The van der Waals surface area contributed by atoms with Gasteiger partial charge in [0.1, 0.15) is 0 Å². The Labute approximate surface area is 124 Å². The summed E-state index contributed by atoms with van der Waals surface area (Å²) >= 11 is 0. The average Bonchev–Trinajstić information content (AvgIpc) is 2.68. The Morgan fingerprint density at radius 2 is 1.71 bits per heavy atom. The van der Waals surface area contributed by atoms with Crippen molar-refractivity contribution in [2.24, 2.45) is 0 Å². The van der Waals surface area contributed by atoms with Crippen molar-refractivity contribution >= 4 is 17.5 Å². The van der Waals surface area contributed by atoms with E-state index in [2.05, 4.69) is 5.32 Å². The molecular formula is C18H17NO2. The number of nitrogens with one attached hydrogen (secondary N) is 1. The van der Waals surface area contributed by atoms with Crippen molar-refractivity contribution < 1.29 is 4.79 Å². The van der Waals surface area contributed by atoms with E-state index in [1.54, 1.807) is 37.4 Å². The van der Waals surface area contributed by atoms with Gasteiger partial charge in [-0.25, -0.2) is 0 Å². The third-order valence-electron chi connectivity index (χ3n) is 3.17. The molecule has 0 aliphatic carbocycles. The molecule has 0 unspecified atom stereocenters. The van der Waals surface area contributed by atoms with Gasteiger partial charge in [0, 0.05) is 7.05 Å². The van der Waals surface area contributed by atoms with Gasteiger partial charge in [0.05, 0.1) is 11.3 Å². The molecule has 0 radical (unpaired) electrons. The third kappa shape index (κ3) is 3.66. The number of benzene rings is 1. The standard InChI is InChI=1S/C18H17NO2/c1-13-7-9-14(10-8-13)11-12-17(20)15-5-3-4-6-16(19-2)18(15)21/h3-12H,1-2H3,(H,19,21)/b12-11+. The number of hydrogen-bond acceptors (Lipinski definition) is 3. The van der Waals surface area contributed by atoms with Gasteiger partial charge in [-0.05, 0) is 30.7 Å². The molecule has 2 rings (SSSR count). The molecule has 0 aliphatic rings. The Hall–Kier alpha value is -2.68. The smallest absolute Gasteiger partial charge is 0.212 e. The van der Waals surface area contributed by atoms with E-state index in [4.69, 9.17) is 0 Å². The van der Waals surface area contributed by atoms with E-state index in [1.807, 2.05) is 31.2 Å². The molecular weight excluding hydrogens is 262 g/mol. The van der Waals surface area contributed by atoms with Crippen molar-refractivity contribution in [2.75, 3.05) is 12.4 Å². The van der Waals surface area contributed by atoms with Crippen LogP contribution >= 0.6 is 0 Å². The SMILES string of the molecule is CNc1ccccc(C(=O)/C=C/c2ccc(C)cc2)c1=O. The lowest BCUT2D eigenvalue weighted by Crippen LogP contribution is -2.14. The normalized spacial score (nSPS) is 10.6. The number of aryl methyl sites for hydroxylation is 1. The fourth-order valence-electron chi connectivity index (χ4n) is 1.93. The lowest BCUT2D eigenvalue weighted by Gasteiger charge is -1.96. The van der Waals surface area contributed by atoms with Gasteiger partial charge in [0.2, 0.25) is 5.43 Å². The van der Waals surface area contributed by atoms with Crippen LogP contribution in [0.3, 0.4) is 0 Å². The first kappa shape index (κ1) is 14.7. The molecule has 0 amide bonds. The van der Waals surface area contributed by atoms with Crippen LogP contribution in [0.4, 0.5) is 5.69 Å². The molecule has 0 saturated carbocycles. The Morgan fingerprint density at radius 3 is 2.38 bits per heavy atom. The Balaban J connectivity index is 2.31. The van der Waals surface area contributed by atoms with Crippen LogP contribution < -0.4 is 10.7 Å². The first-order chi connectivity index (χ1) is 10.1. The van der Waals surface area contributed by atoms with Gasteiger partial charge in [-0.15, -0.1) is 0 Å². The van der Waals surface area contributed by atoms with Gasteiger partial charge in [-0.1, -0.05) is 48.0 Å². The highest BCUT2D eigenvalue weighted by Crippen LogP contribution is 2.07. The van der Waals surface area contributed by atoms with Gasteiger partial charge >= 0.3 is 0 Å². The first-order valence-electron chi connectivity index (χ1n) is 6.72. The van der Waals surface area contributed by atoms with Crippen LogP contribution in [0, 0.1) is 6.92 Å².